The van der Waals surface area contributed by atoms with Crippen LogP contribution in [0, 0.1) is 11.8 Å². The molecule has 0 aliphatic carbocycles. The zero-order valence-electron chi connectivity index (χ0n) is 17.8. The largest absolute Gasteiger partial charge is 0.506 e. The van der Waals surface area contributed by atoms with Gasteiger partial charge in [0.25, 0.3) is 0 Å². The monoisotopic (exact) mass is 387 g/mol. The number of aliphatic imine (C=N–C) groups is 1. The number of nitrogens with one attached hydrogen (secondary N) is 1. The number of para-hydroxylation sites is 2. The molecule has 6 heteroatoms. The lowest BCUT2D eigenvalue weighted by Gasteiger charge is -2.39. The third-order valence-corrected chi connectivity index (χ3v) is 5.79. The summed E-state index contributed by atoms with van der Waals surface area (Å²) >= 11 is 0. The van der Waals surface area contributed by atoms with E-state index in [0.717, 1.165) is 50.3 Å². The molecule has 2 N–H and O–H groups in total. The fraction of sp³-hybridized carbons (Fsp3) is 0.682. The summed E-state index contributed by atoms with van der Waals surface area (Å²) in [6, 6.07) is 7.60. The minimum atomic E-state index is 0.363. The maximum absolute atomic E-state index is 10.1. The molecule has 6 nitrogen and oxygen atoms in total. The Bertz CT molecular complexity index is 640. The summed E-state index contributed by atoms with van der Waals surface area (Å²) in [5.74, 6) is 2.81. The number of phenols is 1. The van der Waals surface area contributed by atoms with Gasteiger partial charge in [-0.2, -0.15) is 0 Å². The van der Waals surface area contributed by atoms with Crippen molar-refractivity contribution in [3.8, 4) is 5.75 Å². The highest BCUT2D eigenvalue weighted by atomic mass is 16.3. The summed E-state index contributed by atoms with van der Waals surface area (Å²) in [5, 5.41) is 13.7. The summed E-state index contributed by atoms with van der Waals surface area (Å²) in [4.78, 5) is 11.7. The van der Waals surface area contributed by atoms with Gasteiger partial charge in [-0.05, 0) is 43.4 Å². The zero-order chi connectivity index (χ0) is 19.9. The number of guanidine groups is 1. The molecule has 2 heterocycles. The van der Waals surface area contributed by atoms with Crippen molar-refractivity contribution in [2.45, 2.75) is 26.7 Å². The zero-order valence-corrected chi connectivity index (χ0v) is 17.8. The van der Waals surface area contributed by atoms with Crippen molar-refractivity contribution in [1.82, 2.24) is 15.1 Å². The van der Waals surface area contributed by atoms with Gasteiger partial charge in [-0.3, -0.25) is 4.99 Å². The Morgan fingerprint density at radius 2 is 1.93 bits per heavy atom. The lowest BCUT2D eigenvalue weighted by Crippen LogP contribution is -2.53. The molecule has 0 bridgehead atoms. The van der Waals surface area contributed by atoms with Crippen molar-refractivity contribution >= 4 is 11.6 Å². The van der Waals surface area contributed by atoms with Gasteiger partial charge in [-0.15, -0.1) is 0 Å². The number of hydrogen-bond donors (Lipinski definition) is 2. The number of benzene rings is 1. The second-order valence-electron chi connectivity index (χ2n) is 8.55. The highest BCUT2D eigenvalue weighted by Crippen LogP contribution is 2.27. The van der Waals surface area contributed by atoms with E-state index in [1.807, 2.05) is 25.2 Å². The van der Waals surface area contributed by atoms with Gasteiger partial charge in [0.15, 0.2) is 5.96 Å². The summed E-state index contributed by atoms with van der Waals surface area (Å²) < 4.78 is 0. The van der Waals surface area contributed by atoms with E-state index < -0.39 is 0 Å². The van der Waals surface area contributed by atoms with Crippen molar-refractivity contribution in [1.29, 1.82) is 0 Å². The van der Waals surface area contributed by atoms with Gasteiger partial charge in [-0.25, -0.2) is 0 Å². The van der Waals surface area contributed by atoms with Gasteiger partial charge in [0.05, 0.1) is 5.69 Å². The van der Waals surface area contributed by atoms with Gasteiger partial charge < -0.3 is 25.1 Å². The molecule has 1 aromatic carbocycles. The second-order valence-corrected chi connectivity index (χ2v) is 8.55. The molecule has 0 aromatic heterocycles. The number of nitrogens with zero attached hydrogens (tertiary/aromatic N) is 4. The SMILES string of the molecule is CN=C(NCC1CCCN(CC(C)C)C1)N1CCN(c2ccccc2O)CC1. The van der Waals surface area contributed by atoms with Gasteiger partial charge in [0, 0.05) is 52.9 Å². The smallest absolute Gasteiger partial charge is 0.193 e. The standard InChI is InChI=1S/C22H37N5O/c1-18(2)16-25-10-6-7-19(17-25)15-24-22(23-3)27-13-11-26(12-14-27)20-8-4-5-9-21(20)28/h4-5,8-9,18-19,28H,6-7,10-17H2,1-3H3,(H,23,24). The number of rotatable bonds is 5. The Morgan fingerprint density at radius 3 is 2.61 bits per heavy atom. The molecule has 1 atom stereocenters. The van der Waals surface area contributed by atoms with Gasteiger partial charge in [0.2, 0.25) is 0 Å². The van der Waals surface area contributed by atoms with Crippen molar-refractivity contribution in [2.24, 2.45) is 16.8 Å². The molecule has 2 fully saturated rings. The molecule has 0 radical (unpaired) electrons. The molecule has 0 amide bonds. The van der Waals surface area contributed by atoms with Crippen LogP contribution in [-0.2, 0) is 0 Å². The molecule has 2 saturated heterocycles. The number of aromatic hydroxyl groups is 1. The van der Waals surface area contributed by atoms with E-state index in [0.29, 0.717) is 11.7 Å². The number of piperazine rings is 1. The average molecular weight is 388 g/mol. The molecule has 156 valence electrons. The van der Waals surface area contributed by atoms with E-state index in [1.54, 1.807) is 6.07 Å². The molecule has 2 aliphatic heterocycles. The first-order chi connectivity index (χ1) is 13.6. The first-order valence-electron chi connectivity index (χ1n) is 10.8. The highest BCUT2D eigenvalue weighted by Gasteiger charge is 2.24. The summed E-state index contributed by atoms with van der Waals surface area (Å²) in [6.07, 6.45) is 2.61. The van der Waals surface area contributed by atoms with E-state index in [1.165, 1.54) is 32.5 Å². The third-order valence-electron chi connectivity index (χ3n) is 5.79. The fourth-order valence-corrected chi connectivity index (χ4v) is 4.46. The van der Waals surface area contributed by atoms with E-state index in [-0.39, 0.29) is 0 Å². The third kappa shape index (κ3) is 5.53. The molecule has 2 aliphatic rings. The highest BCUT2D eigenvalue weighted by molar-refractivity contribution is 5.80. The lowest BCUT2D eigenvalue weighted by atomic mass is 9.97. The van der Waals surface area contributed by atoms with Crippen molar-refractivity contribution < 1.29 is 5.11 Å². The Hall–Kier alpha value is -1.95. The fourth-order valence-electron chi connectivity index (χ4n) is 4.46. The van der Waals surface area contributed by atoms with Crippen LogP contribution in [0.5, 0.6) is 5.75 Å². The molecule has 1 aromatic rings. The predicted molar refractivity (Wildman–Crippen MR) is 117 cm³/mol. The Labute approximate surface area is 170 Å². The minimum absolute atomic E-state index is 0.363. The molecule has 3 rings (SSSR count). The van der Waals surface area contributed by atoms with Crippen LogP contribution in [0.15, 0.2) is 29.3 Å². The van der Waals surface area contributed by atoms with Crippen LogP contribution in [0.1, 0.15) is 26.7 Å². The summed E-state index contributed by atoms with van der Waals surface area (Å²) in [7, 11) is 1.88. The quantitative estimate of drug-likeness (QED) is 0.600. The Balaban J connectivity index is 1.47. The minimum Gasteiger partial charge on any atom is -0.506 e. The van der Waals surface area contributed by atoms with Crippen molar-refractivity contribution in [3.63, 3.8) is 0 Å². The first-order valence-corrected chi connectivity index (χ1v) is 10.8. The van der Waals surface area contributed by atoms with Crippen molar-refractivity contribution in [2.75, 3.05) is 64.3 Å². The summed E-state index contributed by atoms with van der Waals surface area (Å²) in [6.45, 7) is 12.9. The van der Waals surface area contributed by atoms with Crippen LogP contribution in [0.2, 0.25) is 0 Å². The molecular weight excluding hydrogens is 350 g/mol. The van der Waals surface area contributed by atoms with Crippen LogP contribution >= 0.6 is 0 Å². The first kappa shape index (κ1) is 20.8. The van der Waals surface area contributed by atoms with Crippen LogP contribution < -0.4 is 10.2 Å². The lowest BCUT2D eigenvalue weighted by molar-refractivity contribution is 0.159. The number of anilines is 1. The van der Waals surface area contributed by atoms with Crippen LogP contribution in [0.4, 0.5) is 5.69 Å². The number of hydrogen-bond acceptors (Lipinski definition) is 4. The number of piperidine rings is 1. The van der Waals surface area contributed by atoms with E-state index in [9.17, 15) is 5.11 Å². The van der Waals surface area contributed by atoms with Gasteiger partial charge in [0.1, 0.15) is 5.75 Å². The van der Waals surface area contributed by atoms with Crippen LogP contribution in [0.3, 0.4) is 0 Å². The normalized spacial score (nSPS) is 22.0. The maximum atomic E-state index is 10.1. The molecule has 0 spiro atoms. The van der Waals surface area contributed by atoms with E-state index >= 15 is 0 Å². The second kappa shape index (κ2) is 10.0. The Morgan fingerprint density at radius 1 is 1.18 bits per heavy atom. The predicted octanol–water partition coefficient (Wildman–Crippen LogP) is 2.46. The number of likely N-dealkylation sites (tertiary alicyclic amines) is 1. The summed E-state index contributed by atoms with van der Waals surface area (Å²) in [5.41, 5.74) is 0.928. The van der Waals surface area contributed by atoms with Crippen LogP contribution in [-0.4, -0.2) is 80.3 Å². The van der Waals surface area contributed by atoms with E-state index in [2.05, 4.69) is 38.9 Å². The number of phenolic OH excluding ortho intramolecular Hbond substituents is 1. The maximum Gasteiger partial charge on any atom is 0.193 e. The average Bonchev–Trinajstić information content (AvgIpc) is 2.69. The van der Waals surface area contributed by atoms with Gasteiger partial charge >= 0.3 is 0 Å². The van der Waals surface area contributed by atoms with Gasteiger partial charge in [-0.1, -0.05) is 26.0 Å². The topological polar surface area (TPSA) is 54.3 Å². The molecule has 1 unspecified atom stereocenters. The van der Waals surface area contributed by atoms with E-state index in [4.69, 9.17) is 0 Å². The van der Waals surface area contributed by atoms with Crippen LogP contribution in [0.25, 0.3) is 0 Å². The van der Waals surface area contributed by atoms with Crippen molar-refractivity contribution in [3.05, 3.63) is 24.3 Å². The molecular formula is C22H37N5O. The molecule has 0 saturated carbocycles. The Kier molecular flexibility index (Phi) is 7.43. The molecule has 28 heavy (non-hydrogen) atoms.